The first-order valence-electron chi connectivity index (χ1n) is 5.61. The fourth-order valence-corrected chi connectivity index (χ4v) is 4.63. The number of rotatable bonds is 3. The van der Waals surface area contributed by atoms with Crippen molar-refractivity contribution in [1.29, 1.82) is 0 Å². The lowest BCUT2D eigenvalue weighted by Gasteiger charge is -2.26. The smallest absolute Gasteiger partial charge is 0.232 e. The first kappa shape index (κ1) is 13.3. The van der Waals surface area contributed by atoms with Crippen molar-refractivity contribution in [3.63, 3.8) is 0 Å². The van der Waals surface area contributed by atoms with E-state index in [9.17, 15) is 8.42 Å². The molecule has 0 unspecified atom stereocenters. The Labute approximate surface area is 110 Å². The van der Waals surface area contributed by atoms with E-state index in [2.05, 4.69) is 16.6 Å². The maximum absolute atomic E-state index is 12.0. The Bertz CT molecular complexity index is 478. The number of aromatic nitrogens is 1. The van der Waals surface area contributed by atoms with Crippen molar-refractivity contribution in [3.05, 3.63) is 10.7 Å². The molecule has 1 saturated carbocycles. The van der Waals surface area contributed by atoms with Crippen molar-refractivity contribution < 1.29 is 8.42 Å². The second kappa shape index (κ2) is 5.22. The molecule has 1 aromatic heterocycles. The van der Waals surface area contributed by atoms with E-state index >= 15 is 0 Å². The highest BCUT2D eigenvalue weighted by Gasteiger charge is 2.25. The van der Waals surface area contributed by atoms with Crippen LogP contribution in [-0.4, -0.2) is 19.4 Å². The molecular formula is C10H15ClN2O2S2. The van der Waals surface area contributed by atoms with E-state index in [0.717, 1.165) is 37.0 Å². The first-order valence-corrected chi connectivity index (χ1v) is 8.29. The van der Waals surface area contributed by atoms with Gasteiger partial charge >= 0.3 is 0 Å². The highest BCUT2D eigenvalue weighted by molar-refractivity contribution is 7.91. The predicted octanol–water partition coefficient (Wildman–Crippen LogP) is 2.65. The van der Waals surface area contributed by atoms with Gasteiger partial charge in [-0.15, -0.1) is 0 Å². The molecule has 96 valence electrons. The van der Waals surface area contributed by atoms with Gasteiger partial charge in [-0.1, -0.05) is 29.9 Å². The third-order valence-corrected chi connectivity index (χ3v) is 6.16. The maximum Gasteiger partial charge on any atom is 0.251 e. The van der Waals surface area contributed by atoms with E-state index < -0.39 is 10.0 Å². The number of thiazole rings is 1. The largest absolute Gasteiger partial charge is 0.251 e. The lowest BCUT2D eigenvalue weighted by Crippen LogP contribution is -2.36. The Morgan fingerprint density at radius 3 is 2.59 bits per heavy atom. The van der Waals surface area contributed by atoms with Crippen molar-refractivity contribution in [3.8, 4) is 0 Å². The summed E-state index contributed by atoms with van der Waals surface area (Å²) in [5, 5.41) is 0. The standard InChI is InChI=1S/C10H15ClN2O2S2/c1-7-2-4-8(5-3-7)13-17(14,15)9-6-12-10(11)16-9/h6-8,13H,2-5H2,1H3. The van der Waals surface area contributed by atoms with Gasteiger partial charge in [0.05, 0.1) is 6.20 Å². The highest BCUT2D eigenvalue weighted by Crippen LogP contribution is 2.26. The third-order valence-electron chi connectivity index (χ3n) is 3.06. The van der Waals surface area contributed by atoms with Crippen molar-refractivity contribution >= 4 is 33.0 Å². The van der Waals surface area contributed by atoms with Crippen LogP contribution < -0.4 is 4.72 Å². The highest BCUT2D eigenvalue weighted by atomic mass is 35.5. The third kappa shape index (κ3) is 3.40. The van der Waals surface area contributed by atoms with Gasteiger partial charge in [0.15, 0.2) is 8.68 Å². The molecule has 1 aliphatic rings. The molecule has 1 heterocycles. The molecule has 0 saturated heterocycles. The number of hydrogen-bond acceptors (Lipinski definition) is 4. The molecule has 0 atom stereocenters. The summed E-state index contributed by atoms with van der Waals surface area (Å²) in [7, 11) is -3.43. The summed E-state index contributed by atoms with van der Waals surface area (Å²) in [5.41, 5.74) is 0. The predicted molar refractivity (Wildman–Crippen MR) is 68.9 cm³/mol. The fraction of sp³-hybridized carbons (Fsp3) is 0.700. The van der Waals surface area contributed by atoms with Gasteiger partial charge in [-0.25, -0.2) is 18.1 Å². The number of hydrogen-bond donors (Lipinski definition) is 1. The molecule has 2 rings (SSSR count). The van der Waals surface area contributed by atoms with Crippen molar-refractivity contribution in [2.45, 2.75) is 42.9 Å². The molecule has 7 heteroatoms. The van der Waals surface area contributed by atoms with Crippen LogP contribution >= 0.6 is 22.9 Å². The van der Waals surface area contributed by atoms with Crippen LogP contribution in [0.1, 0.15) is 32.6 Å². The zero-order valence-electron chi connectivity index (χ0n) is 9.52. The number of nitrogens with one attached hydrogen (secondary N) is 1. The van der Waals surface area contributed by atoms with E-state index in [1.807, 2.05) is 0 Å². The van der Waals surface area contributed by atoms with Crippen molar-refractivity contribution in [1.82, 2.24) is 9.71 Å². The summed E-state index contributed by atoms with van der Waals surface area (Å²) in [6, 6.07) is 0.0528. The van der Waals surface area contributed by atoms with Gasteiger partial charge in [0.25, 0.3) is 10.0 Å². The van der Waals surface area contributed by atoms with Gasteiger partial charge in [-0.3, -0.25) is 0 Å². The normalized spacial score (nSPS) is 26.0. The summed E-state index contributed by atoms with van der Waals surface area (Å²) >= 11 is 6.63. The van der Waals surface area contributed by atoms with Gasteiger partial charge in [-0.2, -0.15) is 0 Å². The average Bonchev–Trinajstić information content (AvgIpc) is 2.69. The minimum Gasteiger partial charge on any atom is -0.232 e. The topological polar surface area (TPSA) is 59.1 Å². The SMILES string of the molecule is CC1CCC(NS(=O)(=O)c2cnc(Cl)s2)CC1. The van der Waals surface area contributed by atoms with Gasteiger partial charge < -0.3 is 0 Å². The summed E-state index contributed by atoms with van der Waals surface area (Å²) in [6.07, 6.45) is 5.29. The van der Waals surface area contributed by atoms with Crippen LogP contribution in [0.15, 0.2) is 10.4 Å². The number of nitrogens with zero attached hydrogens (tertiary/aromatic N) is 1. The van der Waals surface area contributed by atoms with Gasteiger partial charge in [0, 0.05) is 6.04 Å². The molecule has 1 fully saturated rings. The molecule has 0 amide bonds. The maximum atomic E-state index is 12.0. The molecule has 0 radical (unpaired) electrons. The quantitative estimate of drug-likeness (QED) is 0.932. The Hall–Kier alpha value is -0.170. The van der Waals surface area contributed by atoms with Gasteiger partial charge in [-0.05, 0) is 31.6 Å². The molecular weight excluding hydrogens is 280 g/mol. The minimum atomic E-state index is -3.43. The van der Waals surface area contributed by atoms with Crippen LogP contribution in [0.5, 0.6) is 0 Å². The van der Waals surface area contributed by atoms with E-state index in [1.54, 1.807) is 0 Å². The van der Waals surface area contributed by atoms with E-state index in [-0.39, 0.29) is 14.7 Å². The van der Waals surface area contributed by atoms with Gasteiger partial charge in [0.2, 0.25) is 0 Å². The van der Waals surface area contributed by atoms with Crippen LogP contribution in [0.25, 0.3) is 0 Å². The lowest BCUT2D eigenvalue weighted by molar-refractivity contribution is 0.332. The number of halogens is 1. The molecule has 0 aromatic carbocycles. The Morgan fingerprint density at radius 2 is 2.06 bits per heavy atom. The second-order valence-electron chi connectivity index (χ2n) is 4.51. The number of sulfonamides is 1. The minimum absolute atomic E-state index is 0.0528. The zero-order valence-corrected chi connectivity index (χ0v) is 11.9. The van der Waals surface area contributed by atoms with Crippen LogP contribution in [0.4, 0.5) is 0 Å². The Balaban J connectivity index is 2.03. The molecule has 1 aromatic rings. The van der Waals surface area contributed by atoms with Crippen molar-refractivity contribution in [2.75, 3.05) is 0 Å². The summed E-state index contributed by atoms with van der Waals surface area (Å²) < 4.78 is 27.2. The molecule has 0 aliphatic heterocycles. The molecule has 0 bridgehead atoms. The molecule has 1 N–H and O–H groups in total. The summed E-state index contributed by atoms with van der Waals surface area (Å²) in [5.74, 6) is 0.702. The second-order valence-corrected chi connectivity index (χ2v) is 8.06. The van der Waals surface area contributed by atoms with Crippen LogP contribution in [0.2, 0.25) is 4.47 Å². The Kier molecular flexibility index (Phi) is 4.07. The average molecular weight is 295 g/mol. The molecule has 1 aliphatic carbocycles. The molecule has 17 heavy (non-hydrogen) atoms. The van der Waals surface area contributed by atoms with Gasteiger partial charge in [0.1, 0.15) is 0 Å². The monoisotopic (exact) mass is 294 g/mol. The summed E-state index contributed by atoms with van der Waals surface area (Å²) in [4.78, 5) is 3.75. The van der Waals surface area contributed by atoms with E-state index in [0.29, 0.717) is 5.92 Å². The molecule has 4 nitrogen and oxygen atoms in total. The van der Waals surface area contributed by atoms with Crippen molar-refractivity contribution in [2.24, 2.45) is 5.92 Å². The zero-order chi connectivity index (χ0) is 12.5. The van der Waals surface area contributed by atoms with Crippen LogP contribution in [0.3, 0.4) is 0 Å². The molecule has 0 spiro atoms. The lowest BCUT2D eigenvalue weighted by atomic mass is 9.88. The van der Waals surface area contributed by atoms with Crippen LogP contribution in [-0.2, 0) is 10.0 Å². The fourth-order valence-electron chi connectivity index (χ4n) is 2.02. The summed E-state index contributed by atoms with van der Waals surface area (Å²) in [6.45, 7) is 2.20. The van der Waals surface area contributed by atoms with E-state index in [1.165, 1.54) is 6.20 Å². The van der Waals surface area contributed by atoms with Crippen LogP contribution in [0, 0.1) is 5.92 Å². The first-order chi connectivity index (χ1) is 7.97. The van der Waals surface area contributed by atoms with E-state index in [4.69, 9.17) is 11.6 Å². The Morgan fingerprint density at radius 1 is 1.41 bits per heavy atom.